The third-order valence-electron chi connectivity index (χ3n) is 6.40. The lowest BCUT2D eigenvalue weighted by Gasteiger charge is -2.38. The number of piperazine rings is 1. The molecule has 2 aromatic carbocycles. The second-order valence-corrected chi connectivity index (χ2v) is 10.2. The SMILES string of the molecule is COc1ccc(N2CCN(C(=O)[C@H]3CCC(=O)N3S(=O)(=O)c3ccc(OC)c(C)c3)CC2)cc1. The highest BCUT2D eigenvalue weighted by Crippen LogP contribution is 2.31. The Balaban J connectivity index is 1.48. The fourth-order valence-corrected chi connectivity index (χ4v) is 6.18. The van der Waals surface area contributed by atoms with Crippen LogP contribution in [0.4, 0.5) is 5.69 Å². The summed E-state index contributed by atoms with van der Waals surface area (Å²) in [5.41, 5.74) is 1.66. The van der Waals surface area contributed by atoms with Gasteiger partial charge in [0.15, 0.2) is 0 Å². The van der Waals surface area contributed by atoms with Gasteiger partial charge in [-0.05, 0) is 61.4 Å². The predicted molar refractivity (Wildman–Crippen MR) is 127 cm³/mol. The van der Waals surface area contributed by atoms with Crippen LogP contribution >= 0.6 is 0 Å². The van der Waals surface area contributed by atoms with Gasteiger partial charge in [0.2, 0.25) is 11.8 Å². The number of ether oxygens (including phenoxy) is 2. The molecular formula is C24H29N3O6S. The third kappa shape index (κ3) is 4.42. The highest BCUT2D eigenvalue weighted by atomic mass is 32.2. The van der Waals surface area contributed by atoms with E-state index in [4.69, 9.17) is 9.47 Å². The number of carbonyl (C=O) groups is 2. The summed E-state index contributed by atoms with van der Waals surface area (Å²) in [7, 11) is -1.05. The molecule has 0 aliphatic carbocycles. The number of anilines is 1. The van der Waals surface area contributed by atoms with Gasteiger partial charge in [-0.2, -0.15) is 0 Å². The van der Waals surface area contributed by atoms with Gasteiger partial charge in [-0.15, -0.1) is 0 Å². The molecule has 2 aromatic rings. The Morgan fingerprint density at radius 2 is 1.65 bits per heavy atom. The number of carbonyl (C=O) groups excluding carboxylic acids is 2. The molecular weight excluding hydrogens is 458 g/mol. The number of hydrogen-bond acceptors (Lipinski definition) is 7. The van der Waals surface area contributed by atoms with Gasteiger partial charge in [-0.3, -0.25) is 9.59 Å². The van der Waals surface area contributed by atoms with Gasteiger partial charge in [0, 0.05) is 38.3 Å². The zero-order valence-electron chi connectivity index (χ0n) is 19.6. The summed E-state index contributed by atoms with van der Waals surface area (Å²) in [5.74, 6) is 0.448. The van der Waals surface area contributed by atoms with Crippen LogP contribution in [0.15, 0.2) is 47.4 Å². The summed E-state index contributed by atoms with van der Waals surface area (Å²) in [6, 6.07) is 11.1. The van der Waals surface area contributed by atoms with Crippen molar-refractivity contribution < 1.29 is 27.5 Å². The van der Waals surface area contributed by atoms with Crippen LogP contribution in [0.2, 0.25) is 0 Å². The Morgan fingerprint density at radius 3 is 2.24 bits per heavy atom. The number of methoxy groups -OCH3 is 2. The van der Waals surface area contributed by atoms with Crippen molar-refractivity contribution in [2.24, 2.45) is 0 Å². The molecule has 2 saturated heterocycles. The van der Waals surface area contributed by atoms with Gasteiger partial charge in [-0.25, -0.2) is 12.7 Å². The van der Waals surface area contributed by atoms with Crippen LogP contribution in [0.3, 0.4) is 0 Å². The maximum Gasteiger partial charge on any atom is 0.267 e. The largest absolute Gasteiger partial charge is 0.497 e. The fraction of sp³-hybridized carbons (Fsp3) is 0.417. The molecule has 9 nitrogen and oxygen atoms in total. The van der Waals surface area contributed by atoms with E-state index in [-0.39, 0.29) is 23.6 Å². The number of benzene rings is 2. The Labute approximate surface area is 199 Å². The summed E-state index contributed by atoms with van der Waals surface area (Å²) in [6.45, 7) is 3.86. The van der Waals surface area contributed by atoms with Crippen molar-refractivity contribution in [3.63, 3.8) is 0 Å². The molecule has 0 spiro atoms. The van der Waals surface area contributed by atoms with E-state index < -0.39 is 22.0 Å². The molecule has 34 heavy (non-hydrogen) atoms. The summed E-state index contributed by atoms with van der Waals surface area (Å²) >= 11 is 0. The second-order valence-electron chi connectivity index (χ2n) is 8.39. The first-order chi connectivity index (χ1) is 16.3. The molecule has 0 bridgehead atoms. The first kappa shape index (κ1) is 23.9. The van der Waals surface area contributed by atoms with E-state index in [2.05, 4.69) is 4.90 Å². The molecule has 2 aliphatic heterocycles. The molecule has 0 saturated carbocycles. The van der Waals surface area contributed by atoms with E-state index in [0.29, 0.717) is 37.5 Å². The molecule has 0 radical (unpaired) electrons. The quantitative estimate of drug-likeness (QED) is 0.615. The van der Waals surface area contributed by atoms with Crippen molar-refractivity contribution in [2.75, 3.05) is 45.3 Å². The maximum absolute atomic E-state index is 13.4. The monoisotopic (exact) mass is 487 g/mol. The standard InChI is InChI=1S/C24H29N3O6S/c1-17-16-20(8-10-22(17)33-3)34(30,31)27-21(9-11-23(27)28)24(29)26-14-12-25(13-15-26)18-4-6-19(32-2)7-5-18/h4-8,10,16,21H,9,11-15H2,1-3H3/t21-/m1/s1. The summed E-state index contributed by atoms with van der Waals surface area (Å²) in [4.78, 5) is 29.8. The highest BCUT2D eigenvalue weighted by molar-refractivity contribution is 7.89. The molecule has 2 aliphatic rings. The van der Waals surface area contributed by atoms with Gasteiger partial charge < -0.3 is 19.3 Å². The van der Waals surface area contributed by atoms with Crippen molar-refractivity contribution >= 4 is 27.5 Å². The Bertz CT molecular complexity index is 1170. The maximum atomic E-state index is 13.4. The fourth-order valence-electron chi connectivity index (χ4n) is 4.50. The van der Waals surface area contributed by atoms with Crippen LogP contribution in [0.1, 0.15) is 18.4 Å². The molecule has 2 fully saturated rings. The van der Waals surface area contributed by atoms with E-state index in [1.165, 1.54) is 19.2 Å². The molecule has 10 heteroatoms. The van der Waals surface area contributed by atoms with E-state index >= 15 is 0 Å². The lowest BCUT2D eigenvalue weighted by atomic mass is 10.1. The highest BCUT2D eigenvalue weighted by Gasteiger charge is 2.46. The number of amides is 2. The number of sulfonamides is 1. The predicted octanol–water partition coefficient (Wildman–Crippen LogP) is 2.04. The van der Waals surface area contributed by atoms with Gasteiger partial charge >= 0.3 is 0 Å². The molecule has 2 amide bonds. The topological polar surface area (TPSA) is 96.5 Å². The van der Waals surface area contributed by atoms with E-state index in [1.807, 2.05) is 24.3 Å². The smallest absolute Gasteiger partial charge is 0.267 e. The lowest BCUT2D eigenvalue weighted by Crippen LogP contribution is -2.55. The van der Waals surface area contributed by atoms with Gasteiger partial charge in [0.1, 0.15) is 17.5 Å². The minimum atomic E-state index is -4.17. The lowest BCUT2D eigenvalue weighted by molar-refractivity contribution is -0.138. The van der Waals surface area contributed by atoms with Crippen LogP contribution in [-0.2, 0) is 19.6 Å². The van der Waals surface area contributed by atoms with E-state index in [0.717, 1.165) is 15.7 Å². The second kappa shape index (κ2) is 9.54. The number of hydrogen-bond donors (Lipinski definition) is 0. The molecule has 4 rings (SSSR count). The Hall–Kier alpha value is -3.27. The molecule has 0 unspecified atom stereocenters. The van der Waals surface area contributed by atoms with Gasteiger partial charge in [-0.1, -0.05) is 0 Å². The van der Waals surface area contributed by atoms with Crippen molar-refractivity contribution in [3.05, 3.63) is 48.0 Å². The average molecular weight is 488 g/mol. The summed E-state index contributed by atoms with van der Waals surface area (Å²) in [6.07, 6.45) is 0.210. The van der Waals surface area contributed by atoms with E-state index in [1.54, 1.807) is 25.0 Å². The van der Waals surface area contributed by atoms with Crippen molar-refractivity contribution in [2.45, 2.75) is 30.7 Å². The van der Waals surface area contributed by atoms with Crippen LogP contribution in [0, 0.1) is 6.92 Å². The molecule has 182 valence electrons. The molecule has 0 N–H and O–H groups in total. The van der Waals surface area contributed by atoms with Crippen molar-refractivity contribution in [1.29, 1.82) is 0 Å². The minimum Gasteiger partial charge on any atom is -0.497 e. The van der Waals surface area contributed by atoms with E-state index in [9.17, 15) is 18.0 Å². The van der Waals surface area contributed by atoms with Crippen molar-refractivity contribution in [1.82, 2.24) is 9.21 Å². The third-order valence-corrected chi connectivity index (χ3v) is 8.22. The minimum absolute atomic E-state index is 0.0244. The normalized spacial score (nSPS) is 18.9. The first-order valence-corrected chi connectivity index (χ1v) is 12.6. The number of aryl methyl sites for hydroxylation is 1. The van der Waals surface area contributed by atoms with Gasteiger partial charge in [0.25, 0.3) is 10.0 Å². The Kier molecular flexibility index (Phi) is 6.70. The molecule has 2 heterocycles. The zero-order valence-corrected chi connectivity index (χ0v) is 20.4. The molecule has 0 aromatic heterocycles. The van der Waals surface area contributed by atoms with Crippen LogP contribution < -0.4 is 14.4 Å². The Morgan fingerprint density at radius 1 is 0.971 bits per heavy atom. The van der Waals surface area contributed by atoms with Crippen LogP contribution in [0.5, 0.6) is 11.5 Å². The zero-order chi connectivity index (χ0) is 24.5. The van der Waals surface area contributed by atoms with Crippen LogP contribution in [0.25, 0.3) is 0 Å². The average Bonchev–Trinajstić information content (AvgIpc) is 3.25. The first-order valence-electron chi connectivity index (χ1n) is 11.2. The molecule has 1 atom stereocenters. The number of nitrogens with zero attached hydrogens (tertiary/aromatic N) is 3. The number of rotatable bonds is 6. The summed E-state index contributed by atoms with van der Waals surface area (Å²) < 4.78 is 37.9. The van der Waals surface area contributed by atoms with Crippen molar-refractivity contribution in [3.8, 4) is 11.5 Å². The van der Waals surface area contributed by atoms with Crippen LogP contribution in [-0.4, -0.2) is 75.9 Å². The van der Waals surface area contributed by atoms with Gasteiger partial charge in [0.05, 0.1) is 19.1 Å². The summed E-state index contributed by atoms with van der Waals surface area (Å²) in [5, 5.41) is 0.